The number of carbonyl (C=O) groups excluding carboxylic acids is 1. The summed E-state index contributed by atoms with van der Waals surface area (Å²) >= 11 is 0. The second-order valence-corrected chi connectivity index (χ2v) is 6.63. The fourth-order valence-corrected chi connectivity index (χ4v) is 2.90. The van der Waals surface area contributed by atoms with Gasteiger partial charge in [-0.25, -0.2) is 4.79 Å². The van der Waals surface area contributed by atoms with Gasteiger partial charge in [0.1, 0.15) is 0 Å². The lowest BCUT2D eigenvalue weighted by molar-refractivity contribution is -0.359. The largest absolute Gasteiger partial charge is 0.462 e. The van der Waals surface area contributed by atoms with Crippen LogP contribution in [0.5, 0.6) is 0 Å². The van der Waals surface area contributed by atoms with Crippen molar-refractivity contribution in [3.8, 4) is 0 Å². The molecule has 0 amide bonds. The molecular weight excluding hydrogens is 320 g/mol. The van der Waals surface area contributed by atoms with Crippen LogP contribution in [0.25, 0.3) is 0 Å². The molecule has 0 aromatic rings. The van der Waals surface area contributed by atoms with Crippen molar-refractivity contribution in [2.75, 3.05) is 27.9 Å². The maximum Gasteiger partial charge on any atom is 0.333 e. The number of ether oxygens (including phenoxy) is 4. The molecule has 5 heteroatoms. The summed E-state index contributed by atoms with van der Waals surface area (Å²) in [7, 11) is 4.79. The Labute approximate surface area is 154 Å². The van der Waals surface area contributed by atoms with Gasteiger partial charge in [0.05, 0.1) is 6.61 Å². The first kappa shape index (κ1) is 24.1. The van der Waals surface area contributed by atoms with Crippen molar-refractivity contribution in [2.45, 2.75) is 77.6 Å². The van der Waals surface area contributed by atoms with Crippen LogP contribution in [0.2, 0.25) is 0 Å². The number of carbonyl (C=O) groups is 1. The third-order valence-electron chi connectivity index (χ3n) is 4.53. The van der Waals surface area contributed by atoms with E-state index in [0.29, 0.717) is 24.5 Å². The minimum Gasteiger partial charge on any atom is -0.462 e. The SMILES string of the molecule is C=C(C)C(=O)OCCCC(CCCCCCC)CC(OC)(OC)OC. The lowest BCUT2D eigenvalue weighted by atomic mass is 9.91. The first-order chi connectivity index (χ1) is 11.9. The molecule has 0 aromatic carbocycles. The molecule has 148 valence electrons. The highest BCUT2D eigenvalue weighted by atomic mass is 16.9. The van der Waals surface area contributed by atoms with Crippen LogP contribution in [-0.4, -0.2) is 39.9 Å². The third-order valence-corrected chi connectivity index (χ3v) is 4.53. The molecule has 0 N–H and O–H groups in total. The van der Waals surface area contributed by atoms with E-state index in [2.05, 4.69) is 13.5 Å². The molecule has 1 atom stereocenters. The molecule has 0 spiro atoms. The smallest absolute Gasteiger partial charge is 0.333 e. The van der Waals surface area contributed by atoms with Gasteiger partial charge in [0.2, 0.25) is 0 Å². The van der Waals surface area contributed by atoms with Crippen molar-refractivity contribution in [3.63, 3.8) is 0 Å². The van der Waals surface area contributed by atoms with Crippen LogP contribution < -0.4 is 0 Å². The van der Waals surface area contributed by atoms with Gasteiger partial charge in [0, 0.05) is 33.3 Å². The summed E-state index contributed by atoms with van der Waals surface area (Å²) in [6.07, 6.45) is 9.76. The molecule has 0 heterocycles. The molecule has 25 heavy (non-hydrogen) atoms. The third kappa shape index (κ3) is 10.6. The van der Waals surface area contributed by atoms with E-state index >= 15 is 0 Å². The molecule has 1 unspecified atom stereocenters. The van der Waals surface area contributed by atoms with Crippen molar-refractivity contribution in [1.29, 1.82) is 0 Å². The summed E-state index contributed by atoms with van der Waals surface area (Å²) in [5, 5.41) is 0. The van der Waals surface area contributed by atoms with Gasteiger partial charge in [-0.3, -0.25) is 0 Å². The Morgan fingerprint density at radius 1 is 0.960 bits per heavy atom. The fourth-order valence-electron chi connectivity index (χ4n) is 2.90. The summed E-state index contributed by atoms with van der Waals surface area (Å²) < 4.78 is 21.5. The van der Waals surface area contributed by atoms with Crippen LogP contribution in [0.4, 0.5) is 0 Å². The second kappa shape index (κ2) is 14.3. The monoisotopic (exact) mass is 358 g/mol. The average Bonchev–Trinajstić information content (AvgIpc) is 2.62. The van der Waals surface area contributed by atoms with Crippen LogP contribution >= 0.6 is 0 Å². The minimum atomic E-state index is -0.998. The quantitative estimate of drug-likeness (QED) is 0.171. The molecule has 0 aliphatic rings. The lowest BCUT2D eigenvalue weighted by Crippen LogP contribution is -2.38. The number of methoxy groups -OCH3 is 3. The van der Waals surface area contributed by atoms with Gasteiger partial charge in [-0.05, 0) is 25.7 Å². The van der Waals surface area contributed by atoms with Crippen LogP contribution in [0.15, 0.2) is 12.2 Å². The predicted molar refractivity (Wildman–Crippen MR) is 100 cm³/mol. The van der Waals surface area contributed by atoms with Gasteiger partial charge in [0.25, 0.3) is 5.97 Å². The van der Waals surface area contributed by atoms with E-state index in [1.54, 1.807) is 28.3 Å². The number of rotatable bonds is 16. The number of unbranched alkanes of at least 4 members (excludes halogenated alkanes) is 4. The second-order valence-electron chi connectivity index (χ2n) is 6.63. The Balaban J connectivity index is 4.45. The Morgan fingerprint density at radius 3 is 2.04 bits per heavy atom. The fraction of sp³-hybridized carbons (Fsp3) is 0.850. The van der Waals surface area contributed by atoms with Gasteiger partial charge in [-0.2, -0.15) is 0 Å². The van der Waals surface area contributed by atoms with E-state index in [9.17, 15) is 4.79 Å². The Morgan fingerprint density at radius 2 is 1.52 bits per heavy atom. The molecule has 0 aliphatic carbocycles. The van der Waals surface area contributed by atoms with Crippen LogP contribution in [0, 0.1) is 5.92 Å². The summed E-state index contributed by atoms with van der Waals surface area (Å²) in [4.78, 5) is 11.4. The molecule has 0 bridgehead atoms. The van der Waals surface area contributed by atoms with Crippen molar-refractivity contribution in [2.24, 2.45) is 5.92 Å². The molecule has 0 saturated heterocycles. The van der Waals surface area contributed by atoms with Gasteiger partial charge >= 0.3 is 5.97 Å². The molecule has 0 aromatic heterocycles. The first-order valence-corrected chi connectivity index (χ1v) is 9.42. The van der Waals surface area contributed by atoms with Crippen molar-refractivity contribution >= 4 is 5.97 Å². The van der Waals surface area contributed by atoms with Gasteiger partial charge in [-0.15, -0.1) is 0 Å². The van der Waals surface area contributed by atoms with Crippen LogP contribution in [0.3, 0.4) is 0 Å². The molecule has 5 nitrogen and oxygen atoms in total. The highest BCUT2D eigenvalue weighted by molar-refractivity contribution is 5.86. The number of esters is 1. The van der Waals surface area contributed by atoms with E-state index in [4.69, 9.17) is 18.9 Å². The maximum absolute atomic E-state index is 11.4. The normalized spacial score (nSPS) is 12.8. The molecule has 0 fully saturated rings. The zero-order valence-electron chi connectivity index (χ0n) is 16.9. The Bertz CT molecular complexity index is 355. The highest BCUT2D eigenvalue weighted by Gasteiger charge is 2.32. The van der Waals surface area contributed by atoms with E-state index in [1.807, 2.05) is 0 Å². The summed E-state index contributed by atoms with van der Waals surface area (Å²) in [5.41, 5.74) is 0.435. The van der Waals surface area contributed by atoms with Gasteiger partial charge in [-0.1, -0.05) is 52.0 Å². The van der Waals surface area contributed by atoms with Gasteiger partial charge < -0.3 is 18.9 Å². The highest BCUT2D eigenvalue weighted by Crippen LogP contribution is 2.29. The molecule has 0 aliphatic heterocycles. The first-order valence-electron chi connectivity index (χ1n) is 9.42. The maximum atomic E-state index is 11.4. The Hall–Kier alpha value is -0.910. The van der Waals surface area contributed by atoms with Crippen molar-refractivity contribution < 1.29 is 23.7 Å². The molecular formula is C20H38O5. The average molecular weight is 359 g/mol. The molecule has 0 radical (unpaired) electrons. The summed E-state index contributed by atoms with van der Waals surface area (Å²) in [5.74, 6) is -0.927. The van der Waals surface area contributed by atoms with Crippen LogP contribution in [0.1, 0.15) is 71.6 Å². The zero-order chi connectivity index (χ0) is 19.1. The number of hydrogen-bond donors (Lipinski definition) is 0. The number of hydrogen-bond acceptors (Lipinski definition) is 5. The van der Waals surface area contributed by atoms with Crippen molar-refractivity contribution in [1.82, 2.24) is 0 Å². The lowest BCUT2D eigenvalue weighted by Gasteiger charge is -2.32. The molecule has 0 rings (SSSR count). The molecule has 0 saturated carbocycles. The van der Waals surface area contributed by atoms with E-state index in [-0.39, 0.29) is 5.97 Å². The Kier molecular flexibility index (Phi) is 13.8. The van der Waals surface area contributed by atoms with E-state index in [0.717, 1.165) is 19.3 Å². The standard InChI is InChI=1S/C20H38O5/c1-7-8-9-10-11-13-18(16-20(22-4,23-5)24-6)14-12-15-25-19(21)17(2)3/h18H,2,7-16H2,1,3-6H3. The van der Waals surface area contributed by atoms with Gasteiger partial charge in [0.15, 0.2) is 0 Å². The van der Waals surface area contributed by atoms with E-state index in [1.165, 1.54) is 32.1 Å². The topological polar surface area (TPSA) is 54.0 Å². The summed E-state index contributed by atoms with van der Waals surface area (Å²) in [6.45, 7) is 7.89. The zero-order valence-corrected chi connectivity index (χ0v) is 16.9. The van der Waals surface area contributed by atoms with Crippen LogP contribution in [-0.2, 0) is 23.7 Å². The minimum absolute atomic E-state index is 0.323. The van der Waals surface area contributed by atoms with E-state index < -0.39 is 5.97 Å². The predicted octanol–water partition coefficient (Wildman–Crippen LogP) is 4.85. The summed E-state index contributed by atoms with van der Waals surface area (Å²) in [6, 6.07) is 0. The van der Waals surface area contributed by atoms with Crippen molar-refractivity contribution in [3.05, 3.63) is 12.2 Å².